The predicted molar refractivity (Wildman–Crippen MR) is 38.0 cm³/mol. The largest absolute Gasteiger partial charge is 0.390 e. The molecule has 1 fully saturated rings. The minimum absolute atomic E-state index is 0.261. The molecular weight excluding hydrogens is 148 g/mol. The Morgan fingerprint density at radius 1 is 1.36 bits per heavy atom. The minimum Gasteiger partial charge on any atom is -0.390 e. The minimum atomic E-state index is -0.716. The molecule has 0 radical (unpaired) electrons. The van der Waals surface area contributed by atoms with Gasteiger partial charge in [0.15, 0.2) is 6.29 Å². The summed E-state index contributed by atoms with van der Waals surface area (Å²) in [6.07, 6.45) is -1.83. The van der Waals surface area contributed by atoms with Gasteiger partial charge in [-0.05, 0) is 6.92 Å². The van der Waals surface area contributed by atoms with Gasteiger partial charge >= 0.3 is 0 Å². The maximum absolute atomic E-state index is 9.25. The maximum Gasteiger partial charge on any atom is 0.183 e. The van der Waals surface area contributed by atoms with Gasteiger partial charge < -0.3 is 19.7 Å². The van der Waals surface area contributed by atoms with Crippen LogP contribution in [0.3, 0.4) is 0 Å². The number of rotatable bonds is 1. The SMILES string of the molecule is COC1O[C@H](C)C(O)C[C@@H]1O. The summed E-state index contributed by atoms with van der Waals surface area (Å²) in [5, 5.41) is 18.5. The van der Waals surface area contributed by atoms with Crippen molar-refractivity contribution < 1.29 is 19.7 Å². The second kappa shape index (κ2) is 3.49. The monoisotopic (exact) mass is 162 g/mol. The Bertz CT molecular complexity index is 128. The van der Waals surface area contributed by atoms with Crippen LogP contribution in [0, 0.1) is 0 Å². The van der Waals surface area contributed by atoms with Gasteiger partial charge in [0.05, 0.1) is 12.2 Å². The lowest BCUT2D eigenvalue weighted by molar-refractivity contribution is -0.251. The fraction of sp³-hybridized carbons (Fsp3) is 1.00. The molecule has 1 aliphatic rings. The molecule has 4 nitrogen and oxygen atoms in total. The fourth-order valence-electron chi connectivity index (χ4n) is 1.16. The first kappa shape index (κ1) is 8.93. The fourth-order valence-corrected chi connectivity index (χ4v) is 1.16. The predicted octanol–water partition coefficient (Wildman–Crippen LogP) is -0.510. The van der Waals surface area contributed by atoms with E-state index in [0.29, 0.717) is 6.42 Å². The summed E-state index contributed by atoms with van der Waals surface area (Å²) in [5.41, 5.74) is 0. The topological polar surface area (TPSA) is 58.9 Å². The molecule has 0 aromatic rings. The van der Waals surface area contributed by atoms with Crippen molar-refractivity contribution in [3.8, 4) is 0 Å². The van der Waals surface area contributed by atoms with Gasteiger partial charge in [-0.2, -0.15) is 0 Å². The van der Waals surface area contributed by atoms with Gasteiger partial charge in [-0.3, -0.25) is 0 Å². The van der Waals surface area contributed by atoms with E-state index in [0.717, 1.165) is 0 Å². The summed E-state index contributed by atoms with van der Waals surface area (Å²) < 4.78 is 9.98. The molecule has 66 valence electrons. The quantitative estimate of drug-likeness (QED) is 0.545. The highest BCUT2D eigenvalue weighted by molar-refractivity contribution is 4.77. The van der Waals surface area contributed by atoms with Gasteiger partial charge in [0.25, 0.3) is 0 Å². The lowest BCUT2D eigenvalue weighted by atomic mass is 10.0. The van der Waals surface area contributed by atoms with Crippen LogP contribution in [0.5, 0.6) is 0 Å². The van der Waals surface area contributed by atoms with Crippen molar-refractivity contribution in [1.29, 1.82) is 0 Å². The normalized spacial score (nSPS) is 45.8. The molecule has 1 saturated heterocycles. The molecule has 1 rings (SSSR count). The van der Waals surface area contributed by atoms with E-state index in [1.54, 1.807) is 6.92 Å². The third kappa shape index (κ3) is 1.90. The Kier molecular flexibility index (Phi) is 2.84. The van der Waals surface area contributed by atoms with Crippen LogP contribution in [0.4, 0.5) is 0 Å². The molecule has 0 saturated carbocycles. The van der Waals surface area contributed by atoms with Gasteiger partial charge in [-0.1, -0.05) is 0 Å². The van der Waals surface area contributed by atoms with Crippen LogP contribution in [0.15, 0.2) is 0 Å². The molecule has 4 heteroatoms. The molecule has 0 aromatic carbocycles. The van der Waals surface area contributed by atoms with Crippen molar-refractivity contribution in [2.75, 3.05) is 7.11 Å². The van der Waals surface area contributed by atoms with E-state index in [1.165, 1.54) is 7.11 Å². The summed E-state index contributed by atoms with van der Waals surface area (Å²) in [6.45, 7) is 1.75. The summed E-state index contributed by atoms with van der Waals surface area (Å²) in [7, 11) is 1.47. The number of hydrogen-bond donors (Lipinski definition) is 2. The summed E-state index contributed by atoms with van der Waals surface area (Å²) in [6, 6.07) is 0. The van der Waals surface area contributed by atoms with Crippen LogP contribution >= 0.6 is 0 Å². The molecule has 0 aromatic heterocycles. The summed E-state index contributed by atoms with van der Waals surface area (Å²) in [4.78, 5) is 0. The van der Waals surface area contributed by atoms with Crippen LogP contribution < -0.4 is 0 Å². The zero-order valence-corrected chi connectivity index (χ0v) is 6.73. The highest BCUT2D eigenvalue weighted by Crippen LogP contribution is 2.19. The van der Waals surface area contributed by atoms with Gasteiger partial charge in [0.2, 0.25) is 0 Å². The van der Waals surface area contributed by atoms with Crippen LogP contribution in [-0.2, 0) is 9.47 Å². The zero-order valence-electron chi connectivity index (χ0n) is 6.73. The molecule has 2 N–H and O–H groups in total. The smallest absolute Gasteiger partial charge is 0.183 e. The van der Waals surface area contributed by atoms with Crippen molar-refractivity contribution in [2.24, 2.45) is 0 Å². The molecule has 0 bridgehead atoms. The lowest BCUT2D eigenvalue weighted by Crippen LogP contribution is -2.46. The molecule has 1 aliphatic heterocycles. The van der Waals surface area contributed by atoms with E-state index < -0.39 is 18.5 Å². The van der Waals surface area contributed by atoms with Gasteiger partial charge in [-0.25, -0.2) is 0 Å². The van der Waals surface area contributed by atoms with E-state index in [4.69, 9.17) is 9.47 Å². The lowest BCUT2D eigenvalue weighted by Gasteiger charge is -2.34. The van der Waals surface area contributed by atoms with Crippen molar-refractivity contribution in [3.63, 3.8) is 0 Å². The average molecular weight is 162 g/mol. The number of methoxy groups -OCH3 is 1. The number of ether oxygens (including phenoxy) is 2. The molecular formula is C7H14O4. The van der Waals surface area contributed by atoms with Gasteiger partial charge in [0, 0.05) is 13.5 Å². The molecule has 0 aliphatic carbocycles. The Morgan fingerprint density at radius 3 is 2.55 bits per heavy atom. The van der Waals surface area contributed by atoms with Gasteiger partial charge in [-0.15, -0.1) is 0 Å². The van der Waals surface area contributed by atoms with Crippen LogP contribution in [0.1, 0.15) is 13.3 Å². The first-order valence-electron chi connectivity index (χ1n) is 3.69. The Labute approximate surface area is 65.7 Å². The summed E-state index contributed by atoms with van der Waals surface area (Å²) in [5.74, 6) is 0. The molecule has 0 spiro atoms. The first-order valence-corrected chi connectivity index (χ1v) is 3.69. The highest BCUT2D eigenvalue weighted by Gasteiger charge is 2.33. The maximum atomic E-state index is 9.25. The van der Waals surface area contributed by atoms with E-state index in [2.05, 4.69) is 0 Å². The number of aliphatic hydroxyl groups is 2. The van der Waals surface area contributed by atoms with E-state index in [-0.39, 0.29) is 6.10 Å². The third-order valence-electron chi connectivity index (χ3n) is 1.92. The molecule has 1 heterocycles. The number of hydrogen-bond acceptors (Lipinski definition) is 4. The first-order chi connectivity index (χ1) is 5.15. The summed E-state index contributed by atoms with van der Waals surface area (Å²) >= 11 is 0. The Morgan fingerprint density at radius 2 is 2.00 bits per heavy atom. The molecule has 11 heavy (non-hydrogen) atoms. The second-order valence-corrected chi connectivity index (χ2v) is 2.82. The Balaban J connectivity index is 2.48. The second-order valence-electron chi connectivity index (χ2n) is 2.82. The van der Waals surface area contributed by atoms with E-state index >= 15 is 0 Å². The van der Waals surface area contributed by atoms with E-state index in [9.17, 15) is 10.2 Å². The number of aliphatic hydroxyl groups excluding tert-OH is 2. The molecule has 4 atom stereocenters. The Hall–Kier alpha value is -0.160. The third-order valence-corrected chi connectivity index (χ3v) is 1.92. The van der Waals surface area contributed by atoms with Crippen LogP contribution in [0.2, 0.25) is 0 Å². The van der Waals surface area contributed by atoms with Crippen LogP contribution in [-0.4, -0.2) is 41.9 Å². The molecule has 2 unspecified atom stereocenters. The van der Waals surface area contributed by atoms with Crippen LogP contribution in [0.25, 0.3) is 0 Å². The average Bonchev–Trinajstić information content (AvgIpc) is 1.97. The standard InChI is InChI=1S/C7H14O4/c1-4-5(8)3-6(9)7(10-2)11-4/h4-9H,3H2,1-2H3/t4-,5?,6+,7?/m1/s1. The van der Waals surface area contributed by atoms with Crippen molar-refractivity contribution in [1.82, 2.24) is 0 Å². The molecule has 0 amide bonds. The highest BCUT2D eigenvalue weighted by atomic mass is 16.7. The zero-order chi connectivity index (χ0) is 8.43. The van der Waals surface area contributed by atoms with Crippen molar-refractivity contribution in [2.45, 2.75) is 37.9 Å². The van der Waals surface area contributed by atoms with Crippen molar-refractivity contribution >= 4 is 0 Å². The van der Waals surface area contributed by atoms with Crippen molar-refractivity contribution in [3.05, 3.63) is 0 Å². The van der Waals surface area contributed by atoms with Gasteiger partial charge in [0.1, 0.15) is 6.10 Å². The van der Waals surface area contributed by atoms with E-state index in [1.807, 2.05) is 0 Å².